The molecule has 0 unspecified atom stereocenters. The maximum absolute atomic E-state index is 10.7. The Hall–Kier alpha value is -3.04. The highest BCUT2D eigenvalue weighted by Crippen LogP contribution is 2.04. The van der Waals surface area contributed by atoms with Gasteiger partial charge in [0.15, 0.2) is 0 Å². The average Bonchev–Trinajstić information content (AvgIpc) is 2.25. The molecule has 114 valence electrons. The van der Waals surface area contributed by atoms with Crippen LogP contribution in [0, 0.1) is 46.4 Å². The van der Waals surface area contributed by atoms with Crippen LogP contribution in [0.3, 0.4) is 0 Å². The maximum atomic E-state index is 10.7. The van der Waals surface area contributed by atoms with Crippen molar-refractivity contribution in [3.63, 3.8) is 0 Å². The summed E-state index contributed by atoms with van der Waals surface area (Å²) in [7, 11) is 0. The third kappa shape index (κ3) is 4.33. The van der Waals surface area contributed by atoms with E-state index in [1.165, 1.54) is 0 Å². The molecular formula is C4H10N8O8. The molecule has 0 aliphatic rings. The van der Waals surface area contributed by atoms with Gasteiger partial charge in [-0.1, -0.05) is 13.8 Å². The molecule has 0 saturated carbocycles. The number of hydrazine groups is 7. The molecule has 0 atom stereocenters. The van der Waals surface area contributed by atoms with Gasteiger partial charge in [0.2, 0.25) is 10.1 Å². The zero-order valence-corrected chi connectivity index (χ0v) is 10.2. The molecule has 16 nitrogen and oxygen atoms in total. The second kappa shape index (κ2) is 6.78. The number of hydrogen-bond acceptors (Lipinski definition) is 9. The predicted octanol–water partition coefficient (Wildman–Crippen LogP) is -1.35. The molecule has 0 heterocycles. The average molecular weight is 298 g/mol. The summed E-state index contributed by atoms with van der Waals surface area (Å²) in [6.45, 7) is 2.97. The Bertz CT molecular complexity index is 397. The Morgan fingerprint density at radius 1 is 0.900 bits per heavy atom. The lowest BCUT2D eigenvalue weighted by Gasteiger charge is -2.18. The highest BCUT2D eigenvalue weighted by Gasteiger charge is 2.54. The Morgan fingerprint density at radius 3 is 1.60 bits per heavy atom. The van der Waals surface area contributed by atoms with E-state index in [9.17, 15) is 40.5 Å². The van der Waals surface area contributed by atoms with E-state index in [0.717, 1.165) is 0 Å². The number of nitro groups is 4. The quantitative estimate of drug-likeness (QED) is 0.388. The van der Waals surface area contributed by atoms with Gasteiger partial charge in [-0.15, -0.1) is 0 Å². The van der Waals surface area contributed by atoms with Crippen molar-refractivity contribution in [3.8, 4) is 0 Å². The first-order chi connectivity index (χ1) is 9.09. The van der Waals surface area contributed by atoms with Gasteiger partial charge in [-0.2, -0.15) is 5.43 Å². The third-order valence-electron chi connectivity index (χ3n) is 1.56. The van der Waals surface area contributed by atoms with Crippen LogP contribution < -0.4 is 5.43 Å². The lowest BCUT2D eigenvalue weighted by Crippen LogP contribution is -2.65. The van der Waals surface area contributed by atoms with Crippen molar-refractivity contribution in [1.82, 2.24) is 21.1 Å². The number of hydrogen-bond donors (Lipinski definition) is 1. The molecule has 1 N–H and O–H groups in total. The summed E-state index contributed by atoms with van der Waals surface area (Å²) >= 11 is 0. The molecule has 20 heavy (non-hydrogen) atoms. The van der Waals surface area contributed by atoms with Crippen molar-refractivity contribution in [2.45, 2.75) is 13.8 Å². The highest BCUT2D eigenvalue weighted by atomic mass is 16.8. The zero-order chi connectivity index (χ0) is 16.0. The van der Waals surface area contributed by atoms with Crippen molar-refractivity contribution >= 4 is 0 Å². The van der Waals surface area contributed by atoms with Gasteiger partial charge >= 0.3 is 5.23 Å². The number of rotatable bonds is 9. The van der Waals surface area contributed by atoms with E-state index in [2.05, 4.69) is 0 Å². The van der Waals surface area contributed by atoms with E-state index >= 15 is 0 Å². The second-order valence-corrected chi connectivity index (χ2v) is 3.53. The van der Waals surface area contributed by atoms with Crippen LogP contribution in [0.5, 0.6) is 0 Å². The normalized spacial score (nSPS) is 9.95. The van der Waals surface area contributed by atoms with Crippen LogP contribution in [0.25, 0.3) is 0 Å². The van der Waals surface area contributed by atoms with Crippen LogP contribution in [0.2, 0.25) is 0 Å². The van der Waals surface area contributed by atoms with E-state index in [1.54, 1.807) is 13.8 Å². The summed E-state index contributed by atoms with van der Waals surface area (Å²) in [5.41, 5.74) is 1.86. The van der Waals surface area contributed by atoms with E-state index in [4.69, 9.17) is 0 Å². The van der Waals surface area contributed by atoms with Crippen LogP contribution >= 0.6 is 0 Å². The number of nitrogens with one attached hydrogen (secondary N) is 1. The first-order valence-electron chi connectivity index (χ1n) is 4.80. The van der Waals surface area contributed by atoms with Gasteiger partial charge in [-0.3, -0.25) is 0 Å². The molecule has 0 bridgehead atoms. The summed E-state index contributed by atoms with van der Waals surface area (Å²) in [6, 6.07) is 0. The molecule has 0 saturated heterocycles. The van der Waals surface area contributed by atoms with Gasteiger partial charge < -0.3 is 0 Å². The SMILES string of the molecule is CC(C)CNN(N(N([N+](=O)[O-])[N+](=O)[O-])[N+](=O)[O-])[N+](=O)[O-]. The summed E-state index contributed by atoms with van der Waals surface area (Å²) in [5.74, 6) is -0.231. The Morgan fingerprint density at radius 2 is 1.35 bits per heavy atom. The van der Waals surface area contributed by atoms with Gasteiger partial charge in [-0.25, -0.2) is 40.5 Å². The van der Waals surface area contributed by atoms with Crippen molar-refractivity contribution in [3.05, 3.63) is 40.5 Å². The minimum absolute atomic E-state index is 0.200. The topological polar surface area (TPSA) is 194 Å². The largest absolute Gasteiger partial charge is 0.365 e. The lowest BCUT2D eigenvalue weighted by atomic mass is 10.2. The molecule has 0 radical (unpaired) electrons. The molecule has 0 spiro atoms. The van der Waals surface area contributed by atoms with E-state index in [1.807, 2.05) is 5.43 Å². The minimum Gasteiger partial charge on any atom is -0.232 e. The molecule has 16 heteroatoms. The van der Waals surface area contributed by atoms with Gasteiger partial charge in [-0.05, 0) is 5.92 Å². The van der Waals surface area contributed by atoms with Crippen LogP contribution in [-0.4, -0.2) is 42.4 Å². The molecule has 0 aromatic rings. The Kier molecular flexibility index (Phi) is 5.75. The molecule has 0 rings (SSSR count). The van der Waals surface area contributed by atoms with Gasteiger partial charge in [0, 0.05) is 6.54 Å². The van der Waals surface area contributed by atoms with Crippen LogP contribution in [-0.2, 0) is 0 Å². The van der Waals surface area contributed by atoms with Gasteiger partial charge in [0.05, 0.1) is 0 Å². The molecule has 0 aliphatic heterocycles. The lowest BCUT2D eigenvalue weighted by molar-refractivity contribution is -1.05. The minimum atomic E-state index is -1.80. The first-order valence-corrected chi connectivity index (χ1v) is 4.80. The summed E-state index contributed by atoms with van der Waals surface area (Å²) in [4.78, 5) is 42.1. The van der Waals surface area contributed by atoms with Gasteiger partial charge in [0.25, 0.3) is 15.3 Å². The fourth-order valence-corrected chi connectivity index (χ4v) is 0.851. The molecule has 0 fully saturated rings. The maximum Gasteiger partial charge on any atom is 0.365 e. The molecule has 0 aromatic heterocycles. The standard InChI is InChI=1S/C4H10N8O8/c1-4(2)3-5-6(9(13)14)7(10(15)16)8(11(17)18)12(19)20/h4-5H,3H2,1-2H3. The summed E-state index contributed by atoms with van der Waals surface area (Å²) < 4.78 is 0. The first kappa shape index (κ1) is 17.0. The van der Waals surface area contributed by atoms with E-state index in [0.29, 0.717) is 0 Å². The zero-order valence-electron chi connectivity index (χ0n) is 10.2. The monoisotopic (exact) mass is 298 g/mol. The Balaban J connectivity index is 5.47. The van der Waals surface area contributed by atoms with Crippen molar-refractivity contribution in [1.29, 1.82) is 0 Å². The van der Waals surface area contributed by atoms with Crippen LogP contribution in [0.1, 0.15) is 13.8 Å². The van der Waals surface area contributed by atoms with Crippen LogP contribution in [0.15, 0.2) is 0 Å². The second-order valence-electron chi connectivity index (χ2n) is 3.53. The fourth-order valence-electron chi connectivity index (χ4n) is 0.851. The third-order valence-corrected chi connectivity index (χ3v) is 1.56. The summed E-state index contributed by atoms with van der Waals surface area (Å²) in [5, 5.41) is 32.6. The molecular weight excluding hydrogens is 288 g/mol. The van der Waals surface area contributed by atoms with E-state index in [-0.39, 0.29) is 12.5 Å². The molecule has 0 aromatic carbocycles. The molecule has 0 amide bonds. The smallest absolute Gasteiger partial charge is 0.232 e. The van der Waals surface area contributed by atoms with Crippen molar-refractivity contribution in [2.75, 3.05) is 6.54 Å². The van der Waals surface area contributed by atoms with Crippen LogP contribution in [0.4, 0.5) is 0 Å². The summed E-state index contributed by atoms with van der Waals surface area (Å²) in [6.07, 6.45) is 0. The van der Waals surface area contributed by atoms with Crippen molar-refractivity contribution < 1.29 is 20.1 Å². The van der Waals surface area contributed by atoms with Gasteiger partial charge in [0.1, 0.15) is 5.23 Å². The number of nitrogens with zero attached hydrogens (tertiary/aromatic N) is 7. The predicted molar refractivity (Wildman–Crippen MR) is 56.3 cm³/mol. The van der Waals surface area contributed by atoms with E-state index < -0.39 is 35.8 Å². The molecule has 0 aliphatic carbocycles. The highest BCUT2D eigenvalue weighted by molar-refractivity contribution is 4.43. The Labute approximate surface area is 109 Å². The fraction of sp³-hybridized carbons (Fsp3) is 1.00. The van der Waals surface area contributed by atoms with Crippen molar-refractivity contribution in [2.24, 2.45) is 5.92 Å².